The number of amides is 1. The van der Waals surface area contributed by atoms with E-state index in [9.17, 15) is 4.79 Å². The molecule has 0 aliphatic carbocycles. The summed E-state index contributed by atoms with van der Waals surface area (Å²) in [6, 6.07) is 5.76. The molecule has 0 radical (unpaired) electrons. The van der Waals surface area contributed by atoms with Crippen molar-refractivity contribution in [3.8, 4) is 5.75 Å². The standard InChI is InChI=1S/C14H18INO2/c1-10(2)18-13-9-11(15)5-6-12(13)14(17)16-7-3-4-8-16/h5-6,9-10H,3-4,7-8H2,1-2H3. The quantitative estimate of drug-likeness (QED) is 0.775. The largest absolute Gasteiger partial charge is 0.490 e. The van der Waals surface area contributed by atoms with Gasteiger partial charge in [0.05, 0.1) is 11.7 Å². The van der Waals surface area contributed by atoms with Gasteiger partial charge in [0.1, 0.15) is 5.75 Å². The first-order valence-electron chi connectivity index (χ1n) is 6.33. The molecule has 1 aromatic carbocycles. The zero-order chi connectivity index (χ0) is 13.1. The Hall–Kier alpha value is -0.780. The van der Waals surface area contributed by atoms with E-state index < -0.39 is 0 Å². The van der Waals surface area contributed by atoms with Crippen molar-refractivity contribution in [1.82, 2.24) is 4.90 Å². The predicted octanol–water partition coefficient (Wildman–Crippen LogP) is 3.31. The Morgan fingerprint density at radius 1 is 1.33 bits per heavy atom. The van der Waals surface area contributed by atoms with Crippen LogP contribution < -0.4 is 4.74 Å². The molecule has 3 nitrogen and oxygen atoms in total. The van der Waals surface area contributed by atoms with Crippen LogP contribution >= 0.6 is 22.6 Å². The molecule has 0 saturated carbocycles. The van der Waals surface area contributed by atoms with Crippen LogP contribution in [0.4, 0.5) is 0 Å². The molecule has 0 unspecified atom stereocenters. The highest BCUT2D eigenvalue weighted by atomic mass is 127. The van der Waals surface area contributed by atoms with Gasteiger partial charge in [0, 0.05) is 16.7 Å². The molecule has 18 heavy (non-hydrogen) atoms. The molecule has 2 rings (SSSR count). The number of hydrogen-bond acceptors (Lipinski definition) is 2. The average Bonchev–Trinajstić information content (AvgIpc) is 2.81. The fourth-order valence-corrected chi connectivity index (χ4v) is 2.58. The van der Waals surface area contributed by atoms with Crippen LogP contribution in [0.1, 0.15) is 37.0 Å². The van der Waals surface area contributed by atoms with E-state index in [0.29, 0.717) is 11.3 Å². The van der Waals surface area contributed by atoms with E-state index in [-0.39, 0.29) is 12.0 Å². The first-order chi connectivity index (χ1) is 8.58. The molecule has 1 amide bonds. The number of hydrogen-bond donors (Lipinski definition) is 0. The summed E-state index contributed by atoms with van der Waals surface area (Å²) in [6.07, 6.45) is 2.29. The maximum absolute atomic E-state index is 12.4. The van der Waals surface area contributed by atoms with Crippen LogP contribution in [0.25, 0.3) is 0 Å². The van der Waals surface area contributed by atoms with Crippen molar-refractivity contribution in [2.45, 2.75) is 32.8 Å². The second-order valence-corrected chi connectivity index (χ2v) is 6.05. The van der Waals surface area contributed by atoms with Gasteiger partial charge in [0.15, 0.2) is 0 Å². The van der Waals surface area contributed by atoms with E-state index in [2.05, 4.69) is 22.6 Å². The van der Waals surface area contributed by atoms with Gasteiger partial charge in [-0.15, -0.1) is 0 Å². The number of ether oxygens (including phenoxy) is 1. The zero-order valence-electron chi connectivity index (χ0n) is 10.8. The van der Waals surface area contributed by atoms with Crippen LogP contribution in [0.2, 0.25) is 0 Å². The van der Waals surface area contributed by atoms with Gasteiger partial charge in [-0.2, -0.15) is 0 Å². The fraction of sp³-hybridized carbons (Fsp3) is 0.500. The van der Waals surface area contributed by atoms with Crippen molar-refractivity contribution in [1.29, 1.82) is 0 Å². The van der Waals surface area contributed by atoms with Gasteiger partial charge in [0.25, 0.3) is 5.91 Å². The average molecular weight is 359 g/mol. The van der Waals surface area contributed by atoms with E-state index in [1.54, 1.807) is 0 Å². The number of nitrogens with zero attached hydrogens (tertiary/aromatic N) is 1. The van der Waals surface area contributed by atoms with Crippen LogP contribution in [-0.4, -0.2) is 30.0 Å². The van der Waals surface area contributed by atoms with Crippen molar-refractivity contribution in [3.05, 3.63) is 27.3 Å². The van der Waals surface area contributed by atoms with Gasteiger partial charge in [-0.25, -0.2) is 0 Å². The van der Waals surface area contributed by atoms with Crippen molar-refractivity contribution in [3.63, 3.8) is 0 Å². The molecule has 0 spiro atoms. The summed E-state index contributed by atoms with van der Waals surface area (Å²) in [6.45, 7) is 5.69. The normalized spacial score (nSPS) is 15.2. The summed E-state index contributed by atoms with van der Waals surface area (Å²) in [7, 11) is 0. The predicted molar refractivity (Wildman–Crippen MR) is 80.1 cm³/mol. The van der Waals surface area contributed by atoms with Crippen LogP contribution in [0, 0.1) is 3.57 Å². The van der Waals surface area contributed by atoms with Gasteiger partial charge in [-0.1, -0.05) is 0 Å². The van der Waals surface area contributed by atoms with Crippen molar-refractivity contribution in [2.24, 2.45) is 0 Å². The molecule has 0 N–H and O–H groups in total. The van der Waals surface area contributed by atoms with E-state index in [1.165, 1.54) is 0 Å². The Morgan fingerprint density at radius 3 is 2.61 bits per heavy atom. The molecule has 1 aromatic rings. The Bertz CT molecular complexity index is 439. The Morgan fingerprint density at radius 2 is 2.00 bits per heavy atom. The van der Waals surface area contributed by atoms with Crippen LogP contribution in [0.5, 0.6) is 5.75 Å². The molecule has 1 fully saturated rings. The highest BCUT2D eigenvalue weighted by molar-refractivity contribution is 14.1. The Balaban J connectivity index is 2.27. The monoisotopic (exact) mass is 359 g/mol. The maximum atomic E-state index is 12.4. The molecular formula is C14H18INO2. The molecule has 1 aliphatic rings. The molecule has 1 heterocycles. The smallest absolute Gasteiger partial charge is 0.257 e. The van der Waals surface area contributed by atoms with Crippen molar-refractivity contribution >= 4 is 28.5 Å². The lowest BCUT2D eigenvalue weighted by Gasteiger charge is -2.19. The molecule has 98 valence electrons. The number of carbonyl (C=O) groups excluding carboxylic acids is 1. The van der Waals surface area contributed by atoms with Gasteiger partial charge in [0.2, 0.25) is 0 Å². The third kappa shape index (κ3) is 3.16. The maximum Gasteiger partial charge on any atom is 0.257 e. The summed E-state index contributed by atoms with van der Waals surface area (Å²) in [5, 5.41) is 0. The summed E-state index contributed by atoms with van der Waals surface area (Å²) in [4.78, 5) is 14.3. The molecule has 0 aromatic heterocycles. The second kappa shape index (κ2) is 5.91. The fourth-order valence-electron chi connectivity index (χ4n) is 2.11. The third-order valence-corrected chi connectivity index (χ3v) is 3.60. The summed E-state index contributed by atoms with van der Waals surface area (Å²) >= 11 is 2.24. The lowest BCUT2D eigenvalue weighted by Crippen LogP contribution is -2.28. The van der Waals surface area contributed by atoms with Gasteiger partial charge in [-0.3, -0.25) is 4.79 Å². The Labute approximate surface area is 122 Å². The number of carbonyl (C=O) groups is 1. The number of rotatable bonds is 3. The van der Waals surface area contributed by atoms with Crippen molar-refractivity contribution < 1.29 is 9.53 Å². The van der Waals surface area contributed by atoms with Crippen molar-refractivity contribution in [2.75, 3.05) is 13.1 Å². The molecule has 4 heteroatoms. The molecule has 0 bridgehead atoms. The zero-order valence-corrected chi connectivity index (χ0v) is 12.9. The number of benzene rings is 1. The summed E-state index contributed by atoms with van der Waals surface area (Å²) in [5.41, 5.74) is 0.686. The number of likely N-dealkylation sites (tertiary alicyclic amines) is 1. The highest BCUT2D eigenvalue weighted by Gasteiger charge is 2.22. The SMILES string of the molecule is CC(C)Oc1cc(I)ccc1C(=O)N1CCCC1. The first-order valence-corrected chi connectivity index (χ1v) is 7.41. The minimum absolute atomic E-state index is 0.0772. The summed E-state index contributed by atoms with van der Waals surface area (Å²) < 4.78 is 6.84. The van der Waals surface area contributed by atoms with Crippen LogP contribution in [-0.2, 0) is 0 Å². The highest BCUT2D eigenvalue weighted by Crippen LogP contribution is 2.25. The third-order valence-electron chi connectivity index (χ3n) is 2.93. The van der Waals surface area contributed by atoms with Gasteiger partial charge >= 0.3 is 0 Å². The molecule has 0 atom stereocenters. The number of halogens is 1. The Kier molecular flexibility index (Phi) is 4.48. The second-order valence-electron chi connectivity index (χ2n) is 4.81. The molecular weight excluding hydrogens is 341 g/mol. The topological polar surface area (TPSA) is 29.5 Å². The van der Waals surface area contributed by atoms with E-state index in [0.717, 1.165) is 29.5 Å². The van der Waals surface area contributed by atoms with Crippen LogP contribution in [0.15, 0.2) is 18.2 Å². The van der Waals surface area contributed by atoms with Crippen LogP contribution in [0.3, 0.4) is 0 Å². The summed E-state index contributed by atoms with van der Waals surface area (Å²) in [5.74, 6) is 0.799. The molecule has 1 aliphatic heterocycles. The lowest BCUT2D eigenvalue weighted by molar-refractivity contribution is 0.0786. The van der Waals surface area contributed by atoms with E-state index in [1.807, 2.05) is 36.9 Å². The van der Waals surface area contributed by atoms with Gasteiger partial charge in [-0.05, 0) is 67.5 Å². The van der Waals surface area contributed by atoms with E-state index in [4.69, 9.17) is 4.74 Å². The van der Waals surface area contributed by atoms with E-state index >= 15 is 0 Å². The minimum atomic E-state index is 0.0772. The lowest BCUT2D eigenvalue weighted by atomic mass is 10.1. The van der Waals surface area contributed by atoms with Gasteiger partial charge < -0.3 is 9.64 Å². The minimum Gasteiger partial charge on any atom is -0.490 e. The first kappa shape index (κ1) is 13.6. The molecule has 1 saturated heterocycles.